The van der Waals surface area contributed by atoms with Crippen LogP contribution in [0, 0.1) is 0 Å². The van der Waals surface area contributed by atoms with Crippen LogP contribution in [0.2, 0.25) is 0 Å². The SMILES string of the molecule is CCCc1cccc2c1C[C@@H]1CNCCN1C2=O. The quantitative estimate of drug-likeness (QED) is 0.857. The highest BCUT2D eigenvalue weighted by molar-refractivity contribution is 5.97. The smallest absolute Gasteiger partial charge is 0.254 e. The fourth-order valence-corrected chi connectivity index (χ4v) is 3.18. The van der Waals surface area contributed by atoms with Gasteiger partial charge in [-0.05, 0) is 30.0 Å². The molecular weight excluding hydrogens is 224 g/mol. The van der Waals surface area contributed by atoms with Crippen molar-refractivity contribution < 1.29 is 4.79 Å². The Balaban J connectivity index is 2.01. The summed E-state index contributed by atoms with van der Waals surface area (Å²) in [6.07, 6.45) is 3.23. The van der Waals surface area contributed by atoms with E-state index in [0.29, 0.717) is 6.04 Å². The average Bonchev–Trinajstić information content (AvgIpc) is 2.40. The van der Waals surface area contributed by atoms with Gasteiger partial charge in [-0.25, -0.2) is 0 Å². The van der Waals surface area contributed by atoms with Gasteiger partial charge in [0.05, 0.1) is 0 Å². The fraction of sp³-hybridized carbons (Fsp3) is 0.533. The normalized spacial score (nSPS) is 22.6. The van der Waals surface area contributed by atoms with Gasteiger partial charge in [-0.1, -0.05) is 25.5 Å². The monoisotopic (exact) mass is 244 g/mol. The van der Waals surface area contributed by atoms with Crippen LogP contribution in [0.3, 0.4) is 0 Å². The molecule has 3 nitrogen and oxygen atoms in total. The first-order valence-electron chi connectivity index (χ1n) is 6.93. The van der Waals surface area contributed by atoms with Crippen molar-refractivity contribution in [1.82, 2.24) is 10.2 Å². The Hall–Kier alpha value is -1.35. The van der Waals surface area contributed by atoms with Crippen LogP contribution in [0.4, 0.5) is 0 Å². The van der Waals surface area contributed by atoms with Gasteiger partial charge in [-0.3, -0.25) is 4.79 Å². The van der Waals surface area contributed by atoms with Crippen LogP contribution in [0.15, 0.2) is 18.2 Å². The Labute approximate surface area is 108 Å². The predicted octanol–water partition coefficient (Wildman–Crippen LogP) is 1.61. The summed E-state index contributed by atoms with van der Waals surface area (Å²) >= 11 is 0. The van der Waals surface area contributed by atoms with Gasteiger partial charge >= 0.3 is 0 Å². The molecule has 0 aromatic heterocycles. The molecule has 2 heterocycles. The molecule has 1 atom stereocenters. The number of carbonyl (C=O) groups excluding carboxylic acids is 1. The van der Waals surface area contributed by atoms with Crippen molar-refractivity contribution in [2.24, 2.45) is 0 Å². The van der Waals surface area contributed by atoms with E-state index in [1.54, 1.807) is 0 Å². The largest absolute Gasteiger partial charge is 0.333 e. The number of aryl methyl sites for hydroxylation is 1. The number of fused-ring (bicyclic) bond motifs is 2. The average molecular weight is 244 g/mol. The van der Waals surface area contributed by atoms with Crippen LogP contribution >= 0.6 is 0 Å². The summed E-state index contributed by atoms with van der Waals surface area (Å²) in [6, 6.07) is 6.57. The molecule has 96 valence electrons. The molecule has 1 amide bonds. The summed E-state index contributed by atoms with van der Waals surface area (Å²) in [7, 11) is 0. The molecule has 0 unspecified atom stereocenters. The molecule has 0 aliphatic carbocycles. The molecular formula is C15H20N2O. The third kappa shape index (κ3) is 1.83. The van der Waals surface area contributed by atoms with E-state index in [0.717, 1.165) is 44.5 Å². The van der Waals surface area contributed by atoms with Crippen LogP contribution in [-0.4, -0.2) is 36.5 Å². The van der Waals surface area contributed by atoms with Gasteiger partial charge in [0.25, 0.3) is 5.91 Å². The Bertz CT molecular complexity index is 470. The Morgan fingerprint density at radius 1 is 1.44 bits per heavy atom. The molecule has 3 rings (SSSR count). The lowest BCUT2D eigenvalue weighted by Crippen LogP contribution is -2.56. The number of nitrogens with zero attached hydrogens (tertiary/aromatic N) is 1. The van der Waals surface area contributed by atoms with E-state index in [1.807, 2.05) is 12.1 Å². The van der Waals surface area contributed by atoms with Crippen LogP contribution in [0.5, 0.6) is 0 Å². The van der Waals surface area contributed by atoms with Gasteiger partial charge in [0, 0.05) is 31.2 Å². The maximum absolute atomic E-state index is 12.5. The minimum absolute atomic E-state index is 0.237. The van der Waals surface area contributed by atoms with E-state index in [-0.39, 0.29) is 5.91 Å². The van der Waals surface area contributed by atoms with Crippen molar-refractivity contribution in [3.05, 3.63) is 34.9 Å². The molecule has 2 aliphatic heterocycles. The van der Waals surface area contributed by atoms with Crippen LogP contribution in [0.25, 0.3) is 0 Å². The van der Waals surface area contributed by atoms with Crippen molar-refractivity contribution in [3.63, 3.8) is 0 Å². The van der Waals surface area contributed by atoms with Crippen LogP contribution in [-0.2, 0) is 12.8 Å². The second-order valence-corrected chi connectivity index (χ2v) is 5.25. The highest BCUT2D eigenvalue weighted by Crippen LogP contribution is 2.27. The number of carbonyl (C=O) groups is 1. The first-order chi connectivity index (χ1) is 8.81. The van der Waals surface area contributed by atoms with Crippen molar-refractivity contribution in [2.45, 2.75) is 32.2 Å². The standard InChI is InChI=1S/C15H20N2O/c1-2-4-11-5-3-6-13-14(11)9-12-10-16-7-8-17(12)15(13)18/h3,5-6,12,16H,2,4,7-10H2,1H3/t12-/m1/s1. The summed E-state index contributed by atoms with van der Waals surface area (Å²) < 4.78 is 0. The third-order valence-electron chi connectivity index (χ3n) is 4.07. The molecule has 0 radical (unpaired) electrons. The van der Waals surface area contributed by atoms with E-state index in [4.69, 9.17) is 0 Å². The zero-order chi connectivity index (χ0) is 12.5. The summed E-state index contributed by atoms with van der Waals surface area (Å²) in [5.74, 6) is 0.237. The Kier molecular flexibility index (Phi) is 3.08. The van der Waals surface area contributed by atoms with E-state index in [1.165, 1.54) is 11.1 Å². The van der Waals surface area contributed by atoms with E-state index in [9.17, 15) is 4.79 Å². The first kappa shape index (κ1) is 11.7. The minimum Gasteiger partial charge on any atom is -0.333 e. The summed E-state index contributed by atoms with van der Waals surface area (Å²) in [5, 5.41) is 3.39. The molecule has 1 aromatic carbocycles. The molecule has 1 fully saturated rings. The summed E-state index contributed by atoms with van der Waals surface area (Å²) in [6.45, 7) is 4.90. The number of hydrogen-bond donors (Lipinski definition) is 1. The highest BCUT2D eigenvalue weighted by Gasteiger charge is 2.34. The zero-order valence-corrected chi connectivity index (χ0v) is 10.9. The lowest BCUT2D eigenvalue weighted by molar-refractivity contribution is 0.0606. The topological polar surface area (TPSA) is 32.3 Å². The molecule has 3 heteroatoms. The number of hydrogen-bond acceptors (Lipinski definition) is 2. The number of benzene rings is 1. The molecule has 1 saturated heterocycles. The van der Waals surface area contributed by atoms with E-state index >= 15 is 0 Å². The van der Waals surface area contributed by atoms with Gasteiger partial charge in [-0.15, -0.1) is 0 Å². The molecule has 2 aliphatic rings. The molecule has 1 N–H and O–H groups in total. The van der Waals surface area contributed by atoms with Crippen molar-refractivity contribution in [3.8, 4) is 0 Å². The van der Waals surface area contributed by atoms with Gasteiger partial charge in [0.15, 0.2) is 0 Å². The third-order valence-corrected chi connectivity index (χ3v) is 4.07. The van der Waals surface area contributed by atoms with Crippen molar-refractivity contribution in [1.29, 1.82) is 0 Å². The predicted molar refractivity (Wildman–Crippen MR) is 71.8 cm³/mol. The van der Waals surface area contributed by atoms with Crippen molar-refractivity contribution >= 4 is 5.91 Å². The van der Waals surface area contributed by atoms with Gasteiger partial charge < -0.3 is 10.2 Å². The molecule has 0 spiro atoms. The molecule has 0 bridgehead atoms. The Morgan fingerprint density at radius 2 is 2.33 bits per heavy atom. The maximum atomic E-state index is 12.5. The summed E-state index contributed by atoms with van der Waals surface area (Å²) in [5.41, 5.74) is 3.61. The first-order valence-corrected chi connectivity index (χ1v) is 6.93. The Morgan fingerprint density at radius 3 is 3.17 bits per heavy atom. The number of nitrogens with one attached hydrogen (secondary N) is 1. The summed E-state index contributed by atoms with van der Waals surface area (Å²) in [4.78, 5) is 14.6. The highest BCUT2D eigenvalue weighted by atomic mass is 16.2. The van der Waals surface area contributed by atoms with E-state index < -0.39 is 0 Å². The van der Waals surface area contributed by atoms with Crippen molar-refractivity contribution in [2.75, 3.05) is 19.6 Å². The second kappa shape index (κ2) is 4.73. The van der Waals surface area contributed by atoms with Gasteiger partial charge in [0.1, 0.15) is 0 Å². The van der Waals surface area contributed by atoms with Crippen LogP contribution in [0.1, 0.15) is 34.8 Å². The fourth-order valence-electron chi connectivity index (χ4n) is 3.18. The lowest BCUT2D eigenvalue weighted by atomic mass is 9.87. The molecule has 0 saturated carbocycles. The minimum atomic E-state index is 0.237. The number of rotatable bonds is 2. The van der Waals surface area contributed by atoms with Gasteiger partial charge in [0.2, 0.25) is 0 Å². The number of amides is 1. The second-order valence-electron chi connectivity index (χ2n) is 5.25. The molecule has 18 heavy (non-hydrogen) atoms. The van der Waals surface area contributed by atoms with E-state index in [2.05, 4.69) is 23.2 Å². The van der Waals surface area contributed by atoms with Gasteiger partial charge in [-0.2, -0.15) is 0 Å². The zero-order valence-electron chi connectivity index (χ0n) is 10.9. The number of piperazine rings is 1. The van der Waals surface area contributed by atoms with Crippen LogP contribution < -0.4 is 5.32 Å². The molecule has 1 aromatic rings. The maximum Gasteiger partial charge on any atom is 0.254 e. The lowest BCUT2D eigenvalue weighted by Gasteiger charge is -2.40.